The highest BCUT2D eigenvalue weighted by atomic mass is 35.5. The first-order chi connectivity index (χ1) is 9.65. The van der Waals surface area contributed by atoms with Crippen LogP contribution in [-0.4, -0.2) is 16.1 Å². The zero-order chi connectivity index (χ0) is 14.1. The maximum Gasteiger partial charge on any atom is 0.255 e. The maximum atomic E-state index is 12.3. The van der Waals surface area contributed by atoms with Gasteiger partial charge in [0.25, 0.3) is 5.91 Å². The quantitative estimate of drug-likeness (QED) is 0.753. The van der Waals surface area contributed by atoms with E-state index in [1.165, 1.54) is 0 Å². The van der Waals surface area contributed by atoms with Gasteiger partial charge < -0.3 is 5.32 Å². The molecule has 0 spiro atoms. The predicted molar refractivity (Wildman–Crippen MR) is 80.2 cm³/mol. The van der Waals surface area contributed by atoms with Gasteiger partial charge in [0.2, 0.25) is 0 Å². The second kappa shape index (κ2) is 4.98. The number of fused-ring (bicyclic) bond motifs is 1. The lowest BCUT2D eigenvalue weighted by Gasteiger charge is -2.09. The van der Waals surface area contributed by atoms with Crippen molar-refractivity contribution in [1.82, 2.24) is 10.2 Å². The van der Waals surface area contributed by atoms with Gasteiger partial charge in [0.15, 0.2) is 0 Å². The number of amides is 1. The second-order valence-corrected chi connectivity index (χ2v) is 4.95. The molecule has 5 heteroatoms. The van der Waals surface area contributed by atoms with Gasteiger partial charge >= 0.3 is 0 Å². The molecule has 1 heterocycles. The molecular formula is C15H12ClN3O. The molecule has 0 saturated carbocycles. The molecule has 0 aliphatic heterocycles. The van der Waals surface area contributed by atoms with E-state index in [0.29, 0.717) is 16.3 Å². The number of halogens is 1. The average Bonchev–Trinajstić information content (AvgIpc) is 2.91. The minimum Gasteiger partial charge on any atom is -0.322 e. The Bertz CT molecular complexity index is 795. The van der Waals surface area contributed by atoms with Crippen LogP contribution < -0.4 is 5.32 Å². The molecule has 1 aromatic heterocycles. The third-order valence-corrected chi connectivity index (χ3v) is 3.63. The van der Waals surface area contributed by atoms with E-state index in [1.54, 1.807) is 24.4 Å². The van der Waals surface area contributed by atoms with Crippen LogP contribution in [0.1, 0.15) is 15.9 Å². The van der Waals surface area contributed by atoms with Gasteiger partial charge in [0.1, 0.15) is 0 Å². The lowest BCUT2D eigenvalue weighted by molar-refractivity contribution is 0.102. The number of hydrogen-bond acceptors (Lipinski definition) is 2. The fourth-order valence-electron chi connectivity index (χ4n) is 2.02. The normalized spacial score (nSPS) is 10.7. The third-order valence-electron chi connectivity index (χ3n) is 3.22. The summed E-state index contributed by atoms with van der Waals surface area (Å²) in [5, 5.41) is 11.3. The van der Waals surface area contributed by atoms with Gasteiger partial charge in [-0.05, 0) is 36.8 Å². The Morgan fingerprint density at radius 1 is 1.30 bits per heavy atom. The Hall–Kier alpha value is -2.33. The van der Waals surface area contributed by atoms with Crippen molar-refractivity contribution in [3.63, 3.8) is 0 Å². The summed E-state index contributed by atoms with van der Waals surface area (Å²) in [4.78, 5) is 12.3. The molecule has 2 N–H and O–H groups in total. The Morgan fingerprint density at radius 2 is 2.15 bits per heavy atom. The molecule has 0 unspecified atom stereocenters. The SMILES string of the molecule is Cc1c(Cl)cccc1NC(=O)c1ccc2cn[nH]c2c1. The van der Waals surface area contributed by atoms with Crippen LogP contribution in [0.5, 0.6) is 0 Å². The Kier molecular flexibility index (Phi) is 3.16. The monoisotopic (exact) mass is 285 g/mol. The van der Waals surface area contributed by atoms with Gasteiger partial charge in [-0.25, -0.2) is 0 Å². The van der Waals surface area contributed by atoms with Crippen molar-refractivity contribution in [2.75, 3.05) is 5.32 Å². The number of carbonyl (C=O) groups excluding carboxylic acids is 1. The number of carbonyl (C=O) groups is 1. The van der Waals surface area contributed by atoms with Gasteiger partial charge in [-0.3, -0.25) is 9.89 Å². The van der Waals surface area contributed by atoms with Crippen LogP contribution >= 0.6 is 11.6 Å². The highest BCUT2D eigenvalue weighted by Gasteiger charge is 2.10. The van der Waals surface area contributed by atoms with Gasteiger partial charge in [0, 0.05) is 21.7 Å². The maximum absolute atomic E-state index is 12.3. The van der Waals surface area contributed by atoms with Crippen LogP contribution in [0.3, 0.4) is 0 Å². The van der Waals surface area contributed by atoms with Crippen molar-refractivity contribution in [1.29, 1.82) is 0 Å². The van der Waals surface area contributed by atoms with Crippen LogP contribution in [0.25, 0.3) is 10.9 Å². The minimum atomic E-state index is -0.174. The van der Waals surface area contributed by atoms with Crippen molar-refractivity contribution in [3.05, 3.63) is 58.7 Å². The molecule has 20 heavy (non-hydrogen) atoms. The van der Waals surface area contributed by atoms with Gasteiger partial charge in [0.05, 0.1) is 11.7 Å². The predicted octanol–water partition coefficient (Wildman–Crippen LogP) is 3.78. The summed E-state index contributed by atoms with van der Waals surface area (Å²) in [7, 11) is 0. The van der Waals surface area contributed by atoms with Gasteiger partial charge in [-0.15, -0.1) is 0 Å². The van der Waals surface area contributed by atoms with Crippen molar-refractivity contribution in [3.8, 4) is 0 Å². The molecule has 0 bridgehead atoms. The summed E-state index contributed by atoms with van der Waals surface area (Å²) < 4.78 is 0. The first kappa shape index (κ1) is 12.7. The lowest BCUT2D eigenvalue weighted by atomic mass is 10.1. The molecule has 0 atom stereocenters. The molecule has 1 amide bonds. The number of aromatic amines is 1. The third kappa shape index (κ3) is 2.26. The van der Waals surface area contributed by atoms with Crippen molar-refractivity contribution >= 4 is 34.1 Å². The van der Waals surface area contributed by atoms with E-state index in [1.807, 2.05) is 25.1 Å². The lowest BCUT2D eigenvalue weighted by Crippen LogP contribution is -2.12. The number of nitrogens with zero attached hydrogens (tertiary/aromatic N) is 1. The van der Waals surface area contributed by atoms with E-state index >= 15 is 0 Å². The van der Waals surface area contributed by atoms with Gasteiger partial charge in [-0.2, -0.15) is 5.10 Å². The summed E-state index contributed by atoms with van der Waals surface area (Å²) in [5.41, 5.74) is 2.97. The number of H-pyrrole nitrogens is 1. The van der Waals surface area contributed by atoms with Crippen LogP contribution in [-0.2, 0) is 0 Å². The zero-order valence-electron chi connectivity index (χ0n) is 10.8. The summed E-state index contributed by atoms with van der Waals surface area (Å²) in [6, 6.07) is 10.8. The molecule has 0 fully saturated rings. The number of benzene rings is 2. The molecule has 2 aromatic carbocycles. The highest BCUT2D eigenvalue weighted by Crippen LogP contribution is 2.23. The number of aromatic nitrogens is 2. The van der Waals surface area contributed by atoms with Gasteiger partial charge in [-0.1, -0.05) is 23.7 Å². The zero-order valence-corrected chi connectivity index (χ0v) is 11.5. The van der Waals surface area contributed by atoms with Crippen molar-refractivity contribution in [2.45, 2.75) is 6.92 Å². The fraction of sp³-hybridized carbons (Fsp3) is 0.0667. The first-order valence-corrected chi connectivity index (χ1v) is 6.52. The van der Waals surface area contributed by atoms with E-state index in [2.05, 4.69) is 15.5 Å². The fourth-order valence-corrected chi connectivity index (χ4v) is 2.19. The van der Waals surface area contributed by atoms with Crippen LogP contribution in [0.15, 0.2) is 42.6 Å². The molecular weight excluding hydrogens is 274 g/mol. The van der Waals surface area contributed by atoms with E-state index in [-0.39, 0.29) is 5.91 Å². The summed E-state index contributed by atoms with van der Waals surface area (Å²) in [6.45, 7) is 1.87. The minimum absolute atomic E-state index is 0.174. The molecule has 4 nitrogen and oxygen atoms in total. The van der Waals surface area contributed by atoms with E-state index in [9.17, 15) is 4.79 Å². The Labute approximate surface area is 120 Å². The molecule has 0 aliphatic carbocycles. The average molecular weight is 286 g/mol. The summed E-state index contributed by atoms with van der Waals surface area (Å²) in [6.07, 6.45) is 1.72. The molecule has 100 valence electrons. The Morgan fingerprint density at radius 3 is 3.00 bits per heavy atom. The van der Waals surface area contributed by atoms with Crippen molar-refractivity contribution in [2.24, 2.45) is 0 Å². The van der Waals surface area contributed by atoms with Crippen LogP contribution in [0, 0.1) is 6.92 Å². The highest BCUT2D eigenvalue weighted by molar-refractivity contribution is 6.31. The van der Waals surface area contributed by atoms with E-state index in [0.717, 1.165) is 16.5 Å². The molecule has 3 aromatic rings. The standard InChI is InChI=1S/C15H12ClN3O/c1-9-12(16)3-2-4-13(9)18-15(20)10-5-6-11-8-17-19-14(11)7-10/h2-8H,1H3,(H,17,19)(H,18,20). The summed E-state index contributed by atoms with van der Waals surface area (Å²) in [5.74, 6) is -0.174. The largest absolute Gasteiger partial charge is 0.322 e. The second-order valence-electron chi connectivity index (χ2n) is 4.54. The molecule has 3 rings (SSSR count). The first-order valence-electron chi connectivity index (χ1n) is 6.15. The van der Waals surface area contributed by atoms with Crippen molar-refractivity contribution < 1.29 is 4.79 Å². The molecule has 0 saturated heterocycles. The van der Waals surface area contributed by atoms with Crippen LogP contribution in [0.2, 0.25) is 5.02 Å². The Balaban J connectivity index is 1.90. The number of hydrogen-bond donors (Lipinski definition) is 2. The summed E-state index contributed by atoms with van der Waals surface area (Å²) >= 11 is 6.04. The molecule has 0 aliphatic rings. The van der Waals surface area contributed by atoms with E-state index in [4.69, 9.17) is 11.6 Å². The van der Waals surface area contributed by atoms with Crippen LogP contribution in [0.4, 0.5) is 5.69 Å². The topological polar surface area (TPSA) is 57.8 Å². The smallest absolute Gasteiger partial charge is 0.255 e. The number of nitrogens with one attached hydrogen (secondary N) is 2. The van der Waals surface area contributed by atoms with E-state index < -0.39 is 0 Å². The number of anilines is 1. The number of rotatable bonds is 2. The molecule has 0 radical (unpaired) electrons.